The lowest BCUT2D eigenvalue weighted by molar-refractivity contribution is -0.131. The predicted octanol–water partition coefficient (Wildman–Crippen LogP) is 0.602. The van der Waals surface area contributed by atoms with Gasteiger partial charge in [-0.3, -0.25) is 19.6 Å². The summed E-state index contributed by atoms with van der Waals surface area (Å²) in [6.07, 6.45) is 8.01. The maximum Gasteiger partial charge on any atom is 0.274 e. The van der Waals surface area contributed by atoms with Crippen molar-refractivity contribution >= 4 is 11.8 Å². The zero-order chi connectivity index (χ0) is 16.5. The van der Waals surface area contributed by atoms with E-state index < -0.39 is 0 Å². The zero-order valence-corrected chi connectivity index (χ0v) is 13.1. The van der Waals surface area contributed by atoms with Crippen molar-refractivity contribution in [3.63, 3.8) is 0 Å². The Labute approximate surface area is 139 Å². The Morgan fingerprint density at radius 1 is 1.12 bits per heavy atom. The summed E-state index contributed by atoms with van der Waals surface area (Å²) in [5.41, 5.74) is 1.36. The van der Waals surface area contributed by atoms with Gasteiger partial charge in [0.15, 0.2) is 0 Å². The number of hydrogen-bond acceptors (Lipinski definition) is 5. The first-order chi connectivity index (χ1) is 11.7. The summed E-state index contributed by atoms with van der Waals surface area (Å²) in [5.74, 6) is 0.0551. The fourth-order valence-electron chi connectivity index (χ4n) is 3.54. The van der Waals surface area contributed by atoms with Gasteiger partial charge < -0.3 is 9.80 Å². The van der Waals surface area contributed by atoms with Gasteiger partial charge in [0.05, 0.1) is 12.1 Å². The normalized spacial score (nSPS) is 22.8. The van der Waals surface area contributed by atoms with Gasteiger partial charge in [-0.2, -0.15) is 0 Å². The first-order valence-corrected chi connectivity index (χ1v) is 7.95. The molecule has 7 heteroatoms. The second-order valence-electron chi connectivity index (χ2n) is 6.25. The van der Waals surface area contributed by atoms with Crippen LogP contribution in [0.4, 0.5) is 0 Å². The van der Waals surface area contributed by atoms with Crippen molar-refractivity contribution in [2.45, 2.75) is 6.54 Å². The van der Waals surface area contributed by atoms with Crippen molar-refractivity contribution in [2.75, 3.05) is 19.6 Å². The highest BCUT2D eigenvalue weighted by Gasteiger charge is 2.47. The summed E-state index contributed by atoms with van der Waals surface area (Å²) in [6, 6.07) is 3.84. The maximum atomic E-state index is 12.6. The molecule has 0 aromatic carbocycles. The molecule has 0 aliphatic carbocycles. The minimum Gasteiger partial charge on any atom is -0.338 e. The van der Waals surface area contributed by atoms with Crippen LogP contribution in [0.1, 0.15) is 16.1 Å². The van der Waals surface area contributed by atoms with Crippen molar-refractivity contribution < 1.29 is 9.59 Å². The lowest BCUT2D eigenvalue weighted by atomic mass is 10.0. The highest BCUT2D eigenvalue weighted by Crippen LogP contribution is 2.33. The van der Waals surface area contributed by atoms with Crippen LogP contribution in [0.5, 0.6) is 0 Å². The second-order valence-corrected chi connectivity index (χ2v) is 6.25. The van der Waals surface area contributed by atoms with Crippen molar-refractivity contribution in [3.05, 3.63) is 54.4 Å². The Bertz CT molecular complexity index is 752. The molecule has 2 aliphatic rings. The van der Waals surface area contributed by atoms with E-state index >= 15 is 0 Å². The standard InChI is InChI=1S/C17H17N5O2/c23-16-14-11-22(17(24)15-7-19-4-5-20-15)10-13(14)9-21(16)8-12-2-1-3-18-6-12/h1-7,13-14H,8-11H2/t13-,14+/m1/s1. The third kappa shape index (κ3) is 2.62. The fourth-order valence-corrected chi connectivity index (χ4v) is 3.54. The predicted molar refractivity (Wildman–Crippen MR) is 84.6 cm³/mol. The van der Waals surface area contributed by atoms with Crippen LogP contribution in [0.2, 0.25) is 0 Å². The molecule has 0 saturated carbocycles. The third-order valence-corrected chi connectivity index (χ3v) is 4.69. The minimum atomic E-state index is -0.149. The van der Waals surface area contributed by atoms with E-state index in [-0.39, 0.29) is 23.7 Å². The number of carbonyl (C=O) groups excluding carboxylic acids is 2. The molecule has 2 saturated heterocycles. The largest absolute Gasteiger partial charge is 0.338 e. The SMILES string of the molecule is O=C(c1cnccn1)N1C[C@H]2CN(Cc3cccnc3)C(=O)[C@H]2C1. The summed E-state index contributed by atoms with van der Waals surface area (Å²) in [5, 5.41) is 0. The van der Waals surface area contributed by atoms with E-state index in [2.05, 4.69) is 15.0 Å². The summed E-state index contributed by atoms with van der Waals surface area (Å²) >= 11 is 0. The Morgan fingerprint density at radius 2 is 2.00 bits per heavy atom. The molecule has 0 N–H and O–H groups in total. The molecule has 2 aliphatic heterocycles. The Hall–Kier alpha value is -2.83. The molecule has 0 unspecified atom stereocenters. The van der Waals surface area contributed by atoms with Crippen molar-refractivity contribution in [1.82, 2.24) is 24.8 Å². The van der Waals surface area contributed by atoms with Gasteiger partial charge in [0, 0.05) is 56.9 Å². The molecule has 2 atom stereocenters. The van der Waals surface area contributed by atoms with Crippen LogP contribution in [-0.2, 0) is 11.3 Å². The van der Waals surface area contributed by atoms with Crippen molar-refractivity contribution in [1.29, 1.82) is 0 Å². The summed E-state index contributed by atoms with van der Waals surface area (Å²) in [6.45, 7) is 2.32. The van der Waals surface area contributed by atoms with E-state index in [4.69, 9.17) is 0 Å². The Morgan fingerprint density at radius 3 is 2.71 bits per heavy atom. The molecule has 0 bridgehead atoms. The van der Waals surface area contributed by atoms with Crippen LogP contribution in [0.3, 0.4) is 0 Å². The van der Waals surface area contributed by atoms with Gasteiger partial charge in [-0.1, -0.05) is 6.07 Å². The van der Waals surface area contributed by atoms with E-state index in [0.29, 0.717) is 31.9 Å². The number of amides is 2. The monoisotopic (exact) mass is 323 g/mol. The van der Waals surface area contributed by atoms with Crippen LogP contribution in [0, 0.1) is 11.8 Å². The summed E-state index contributed by atoms with van der Waals surface area (Å²) in [4.78, 5) is 40.7. The quantitative estimate of drug-likeness (QED) is 0.826. The number of fused-ring (bicyclic) bond motifs is 1. The number of hydrogen-bond donors (Lipinski definition) is 0. The van der Waals surface area contributed by atoms with Gasteiger partial charge in [0.25, 0.3) is 5.91 Å². The molecule has 2 aromatic heterocycles. The number of aromatic nitrogens is 3. The Kier molecular flexibility index (Phi) is 3.68. The van der Waals surface area contributed by atoms with Gasteiger partial charge in [0.1, 0.15) is 5.69 Å². The first kappa shape index (κ1) is 14.7. The Balaban J connectivity index is 1.42. The summed E-state index contributed by atoms with van der Waals surface area (Å²) < 4.78 is 0. The number of likely N-dealkylation sites (tertiary alicyclic amines) is 2. The molecule has 2 fully saturated rings. The van der Waals surface area contributed by atoms with Gasteiger partial charge in [0.2, 0.25) is 5.91 Å². The van der Waals surface area contributed by atoms with Crippen molar-refractivity contribution in [2.24, 2.45) is 11.8 Å². The molecule has 4 heterocycles. The molecule has 24 heavy (non-hydrogen) atoms. The van der Waals surface area contributed by atoms with Gasteiger partial charge >= 0.3 is 0 Å². The second kappa shape index (κ2) is 5.99. The smallest absolute Gasteiger partial charge is 0.274 e. The first-order valence-electron chi connectivity index (χ1n) is 7.95. The lowest BCUT2D eigenvalue weighted by Gasteiger charge is -2.21. The molecular formula is C17H17N5O2. The number of nitrogens with zero attached hydrogens (tertiary/aromatic N) is 5. The van der Waals surface area contributed by atoms with Crippen LogP contribution in [-0.4, -0.2) is 56.2 Å². The highest BCUT2D eigenvalue weighted by molar-refractivity contribution is 5.93. The van der Waals surface area contributed by atoms with Crippen LogP contribution >= 0.6 is 0 Å². The number of rotatable bonds is 3. The van der Waals surface area contributed by atoms with Crippen molar-refractivity contribution in [3.8, 4) is 0 Å². The fraction of sp³-hybridized carbons (Fsp3) is 0.353. The number of pyridine rings is 1. The van der Waals surface area contributed by atoms with Crippen LogP contribution < -0.4 is 0 Å². The summed E-state index contributed by atoms with van der Waals surface area (Å²) in [7, 11) is 0. The van der Waals surface area contributed by atoms with E-state index in [0.717, 1.165) is 5.56 Å². The van der Waals surface area contributed by atoms with Crippen LogP contribution in [0.25, 0.3) is 0 Å². The molecule has 122 valence electrons. The molecule has 7 nitrogen and oxygen atoms in total. The molecular weight excluding hydrogens is 306 g/mol. The maximum absolute atomic E-state index is 12.6. The number of carbonyl (C=O) groups is 2. The molecule has 0 radical (unpaired) electrons. The van der Waals surface area contributed by atoms with E-state index in [1.807, 2.05) is 17.0 Å². The molecule has 2 aromatic rings. The van der Waals surface area contributed by atoms with E-state index in [1.165, 1.54) is 18.6 Å². The van der Waals surface area contributed by atoms with Gasteiger partial charge in [-0.15, -0.1) is 0 Å². The molecule has 2 amide bonds. The van der Waals surface area contributed by atoms with Crippen LogP contribution in [0.15, 0.2) is 43.1 Å². The topological polar surface area (TPSA) is 79.3 Å². The average molecular weight is 323 g/mol. The molecule has 4 rings (SSSR count). The highest BCUT2D eigenvalue weighted by atomic mass is 16.2. The van der Waals surface area contributed by atoms with Gasteiger partial charge in [-0.05, 0) is 11.6 Å². The third-order valence-electron chi connectivity index (χ3n) is 4.69. The average Bonchev–Trinajstić information content (AvgIpc) is 3.16. The van der Waals surface area contributed by atoms with E-state index in [9.17, 15) is 9.59 Å². The lowest BCUT2D eigenvalue weighted by Crippen LogP contribution is -2.35. The minimum absolute atomic E-state index is 0.109. The zero-order valence-electron chi connectivity index (χ0n) is 13.1. The van der Waals surface area contributed by atoms with E-state index in [1.54, 1.807) is 17.3 Å². The molecule has 0 spiro atoms. The van der Waals surface area contributed by atoms with Gasteiger partial charge in [-0.25, -0.2) is 4.98 Å².